The molecule has 0 bridgehead atoms. The van der Waals surface area contributed by atoms with E-state index in [1.54, 1.807) is 12.1 Å². The number of hydrogen-bond acceptors (Lipinski definition) is 4. The third-order valence-corrected chi connectivity index (χ3v) is 4.01. The average Bonchev–Trinajstić information content (AvgIpc) is 2.96. The van der Waals surface area contributed by atoms with E-state index in [9.17, 15) is 4.79 Å². The van der Waals surface area contributed by atoms with Crippen LogP contribution >= 0.6 is 11.6 Å². The summed E-state index contributed by atoms with van der Waals surface area (Å²) in [6, 6.07) is 7.44. The van der Waals surface area contributed by atoms with Crippen LogP contribution in [0.15, 0.2) is 28.8 Å². The van der Waals surface area contributed by atoms with E-state index < -0.39 is 0 Å². The fourth-order valence-corrected chi connectivity index (χ4v) is 2.09. The number of aryl methyl sites for hydroxylation is 1. The number of hydrogen-bond donors (Lipinski definition) is 1. The number of halogens is 1. The summed E-state index contributed by atoms with van der Waals surface area (Å²) in [4.78, 5) is 16.2. The maximum Gasteiger partial charge on any atom is 0.226 e. The quantitative estimate of drug-likeness (QED) is 0.833. The van der Waals surface area contributed by atoms with Crippen molar-refractivity contribution in [1.29, 1.82) is 0 Å². The van der Waals surface area contributed by atoms with E-state index in [4.69, 9.17) is 16.1 Å². The Kier molecular flexibility index (Phi) is 6.16. The van der Waals surface area contributed by atoms with Crippen LogP contribution in [0.1, 0.15) is 39.5 Å². The SMILES string of the molecule is CC(C)C(C)NC(=O)CCCc1nc(-c2ccc(Cl)cc2)no1. The van der Waals surface area contributed by atoms with E-state index in [-0.39, 0.29) is 11.9 Å². The molecule has 1 atom stereocenters. The molecule has 0 aliphatic carbocycles. The van der Waals surface area contributed by atoms with Gasteiger partial charge in [-0.1, -0.05) is 30.6 Å². The molecule has 0 aliphatic heterocycles. The van der Waals surface area contributed by atoms with E-state index >= 15 is 0 Å². The summed E-state index contributed by atoms with van der Waals surface area (Å²) in [7, 11) is 0. The largest absolute Gasteiger partial charge is 0.353 e. The molecule has 0 saturated carbocycles. The molecular weight excluding hydrogens is 314 g/mol. The number of nitrogens with one attached hydrogen (secondary N) is 1. The van der Waals surface area contributed by atoms with Crippen LogP contribution in [0, 0.1) is 5.92 Å². The summed E-state index contributed by atoms with van der Waals surface area (Å²) in [5, 5.41) is 7.61. The summed E-state index contributed by atoms with van der Waals surface area (Å²) in [5.74, 6) is 1.56. The first-order chi connectivity index (χ1) is 11.0. The first-order valence-corrected chi connectivity index (χ1v) is 8.21. The highest BCUT2D eigenvalue weighted by Gasteiger charge is 2.12. The first-order valence-electron chi connectivity index (χ1n) is 7.83. The van der Waals surface area contributed by atoms with Crippen molar-refractivity contribution in [2.75, 3.05) is 0 Å². The average molecular weight is 336 g/mol. The molecule has 0 radical (unpaired) electrons. The second-order valence-corrected chi connectivity index (χ2v) is 6.41. The van der Waals surface area contributed by atoms with Crippen LogP contribution in [0.5, 0.6) is 0 Å². The normalized spacial score (nSPS) is 12.4. The zero-order valence-corrected chi connectivity index (χ0v) is 14.4. The van der Waals surface area contributed by atoms with Crippen LogP contribution in [-0.4, -0.2) is 22.1 Å². The number of rotatable bonds is 7. The molecular formula is C17H22ClN3O2. The lowest BCUT2D eigenvalue weighted by molar-refractivity contribution is -0.122. The smallest absolute Gasteiger partial charge is 0.226 e. The summed E-state index contributed by atoms with van der Waals surface area (Å²) in [6.45, 7) is 6.18. The Labute approximate surface area is 141 Å². The molecule has 1 amide bonds. The lowest BCUT2D eigenvalue weighted by Gasteiger charge is -2.17. The fourth-order valence-electron chi connectivity index (χ4n) is 1.97. The molecule has 6 heteroatoms. The predicted molar refractivity (Wildman–Crippen MR) is 90.1 cm³/mol. The Morgan fingerprint density at radius 3 is 2.61 bits per heavy atom. The second kappa shape index (κ2) is 8.11. The van der Waals surface area contributed by atoms with Crippen molar-refractivity contribution in [3.8, 4) is 11.4 Å². The van der Waals surface area contributed by atoms with Crippen molar-refractivity contribution in [3.63, 3.8) is 0 Å². The molecule has 1 aromatic carbocycles. The molecule has 0 spiro atoms. The number of carbonyl (C=O) groups is 1. The standard InChI is InChI=1S/C17H22ClN3O2/c1-11(2)12(3)19-15(22)5-4-6-16-20-17(21-23-16)13-7-9-14(18)10-8-13/h7-12H,4-6H2,1-3H3,(H,19,22). The lowest BCUT2D eigenvalue weighted by atomic mass is 10.1. The van der Waals surface area contributed by atoms with Crippen molar-refractivity contribution in [1.82, 2.24) is 15.5 Å². The van der Waals surface area contributed by atoms with E-state index in [1.165, 1.54) is 0 Å². The van der Waals surface area contributed by atoms with Gasteiger partial charge in [0.2, 0.25) is 17.6 Å². The molecule has 1 heterocycles. The van der Waals surface area contributed by atoms with Crippen LogP contribution in [0.25, 0.3) is 11.4 Å². The van der Waals surface area contributed by atoms with Gasteiger partial charge >= 0.3 is 0 Å². The van der Waals surface area contributed by atoms with E-state index in [0.717, 1.165) is 5.56 Å². The highest BCUT2D eigenvalue weighted by molar-refractivity contribution is 6.30. The summed E-state index contributed by atoms with van der Waals surface area (Å²) >= 11 is 5.86. The molecule has 1 N–H and O–H groups in total. The predicted octanol–water partition coefficient (Wildman–Crippen LogP) is 3.87. The maximum atomic E-state index is 11.8. The number of carbonyl (C=O) groups excluding carboxylic acids is 1. The Bertz CT molecular complexity index is 638. The highest BCUT2D eigenvalue weighted by Crippen LogP contribution is 2.19. The van der Waals surface area contributed by atoms with Gasteiger partial charge in [-0.2, -0.15) is 4.98 Å². The zero-order chi connectivity index (χ0) is 16.8. The van der Waals surface area contributed by atoms with Gasteiger partial charge in [0.15, 0.2) is 0 Å². The molecule has 5 nitrogen and oxygen atoms in total. The summed E-state index contributed by atoms with van der Waals surface area (Å²) in [5.41, 5.74) is 0.855. The third-order valence-electron chi connectivity index (χ3n) is 3.75. The van der Waals surface area contributed by atoms with Crippen molar-refractivity contribution in [3.05, 3.63) is 35.2 Å². The van der Waals surface area contributed by atoms with Crippen LogP contribution in [0.3, 0.4) is 0 Å². The third kappa shape index (κ3) is 5.36. The Hall–Kier alpha value is -1.88. The fraction of sp³-hybridized carbons (Fsp3) is 0.471. The molecule has 0 saturated heterocycles. The van der Waals surface area contributed by atoms with Crippen LogP contribution in [0.2, 0.25) is 5.02 Å². The second-order valence-electron chi connectivity index (χ2n) is 5.97. The van der Waals surface area contributed by atoms with Crippen LogP contribution < -0.4 is 5.32 Å². The first kappa shape index (κ1) is 17.5. The van der Waals surface area contributed by atoms with Crippen molar-refractivity contribution in [2.24, 2.45) is 5.92 Å². The minimum atomic E-state index is 0.0589. The molecule has 0 fully saturated rings. The van der Waals surface area contributed by atoms with Gasteiger partial charge in [0.25, 0.3) is 0 Å². The van der Waals surface area contributed by atoms with Gasteiger partial charge < -0.3 is 9.84 Å². The van der Waals surface area contributed by atoms with Gasteiger partial charge in [0, 0.05) is 29.5 Å². The minimum Gasteiger partial charge on any atom is -0.353 e. The number of benzene rings is 1. The van der Waals surface area contributed by atoms with Gasteiger partial charge in [0.05, 0.1) is 0 Å². The highest BCUT2D eigenvalue weighted by atomic mass is 35.5. The molecule has 1 unspecified atom stereocenters. The van der Waals surface area contributed by atoms with E-state index in [0.29, 0.717) is 41.9 Å². The minimum absolute atomic E-state index is 0.0589. The van der Waals surface area contributed by atoms with Crippen molar-refractivity contribution >= 4 is 17.5 Å². The Balaban J connectivity index is 1.81. The molecule has 1 aromatic heterocycles. The Morgan fingerprint density at radius 1 is 1.26 bits per heavy atom. The van der Waals surface area contributed by atoms with Crippen molar-refractivity contribution < 1.29 is 9.32 Å². The van der Waals surface area contributed by atoms with Crippen LogP contribution in [-0.2, 0) is 11.2 Å². The molecule has 2 aromatic rings. The van der Waals surface area contributed by atoms with Crippen LogP contribution in [0.4, 0.5) is 0 Å². The molecule has 23 heavy (non-hydrogen) atoms. The summed E-state index contributed by atoms with van der Waals surface area (Å²) in [6.07, 6.45) is 1.72. The van der Waals surface area contributed by atoms with E-state index in [2.05, 4.69) is 29.3 Å². The molecule has 0 aliphatic rings. The number of aromatic nitrogens is 2. The van der Waals surface area contributed by atoms with Gasteiger partial charge in [-0.05, 0) is 43.5 Å². The zero-order valence-electron chi connectivity index (χ0n) is 13.7. The topological polar surface area (TPSA) is 68.0 Å². The lowest BCUT2D eigenvalue weighted by Crippen LogP contribution is -2.35. The number of amides is 1. The molecule has 2 rings (SSSR count). The maximum absolute atomic E-state index is 11.8. The van der Waals surface area contributed by atoms with E-state index in [1.807, 2.05) is 19.1 Å². The van der Waals surface area contributed by atoms with Gasteiger partial charge in [-0.15, -0.1) is 0 Å². The Morgan fingerprint density at radius 2 is 1.96 bits per heavy atom. The number of nitrogens with zero attached hydrogens (tertiary/aromatic N) is 2. The van der Waals surface area contributed by atoms with Gasteiger partial charge in [-0.3, -0.25) is 4.79 Å². The van der Waals surface area contributed by atoms with Gasteiger partial charge in [-0.25, -0.2) is 0 Å². The monoisotopic (exact) mass is 335 g/mol. The van der Waals surface area contributed by atoms with Gasteiger partial charge in [0.1, 0.15) is 0 Å². The van der Waals surface area contributed by atoms with Crippen molar-refractivity contribution in [2.45, 2.75) is 46.1 Å². The summed E-state index contributed by atoms with van der Waals surface area (Å²) < 4.78 is 5.22. The molecule has 124 valence electrons.